The van der Waals surface area contributed by atoms with E-state index in [-0.39, 0.29) is 24.0 Å². The van der Waals surface area contributed by atoms with Crippen LogP contribution in [0.2, 0.25) is 0 Å². The third kappa shape index (κ3) is 5.22. The molecular formula is C24H21FN4O2S. The van der Waals surface area contributed by atoms with Gasteiger partial charge in [0.1, 0.15) is 5.82 Å². The van der Waals surface area contributed by atoms with Gasteiger partial charge in [0.05, 0.1) is 11.9 Å². The first-order valence-electron chi connectivity index (χ1n) is 10.0. The number of aromatic nitrogens is 3. The molecule has 162 valence electrons. The molecule has 0 saturated carbocycles. The molecule has 0 fully saturated rings. The third-order valence-electron chi connectivity index (χ3n) is 4.76. The number of carbonyl (C=O) groups excluding carboxylic acids is 1. The largest absolute Gasteiger partial charge is 0.387 e. The molecule has 0 aliphatic rings. The molecule has 8 heteroatoms. The molecule has 4 aromatic rings. The van der Waals surface area contributed by atoms with Crippen LogP contribution in [0.1, 0.15) is 11.7 Å². The summed E-state index contributed by atoms with van der Waals surface area (Å²) in [5, 5.41) is 22.0. The summed E-state index contributed by atoms with van der Waals surface area (Å²) >= 11 is 1.24. The summed E-state index contributed by atoms with van der Waals surface area (Å²) in [5.41, 5.74) is 2.29. The van der Waals surface area contributed by atoms with Crippen molar-refractivity contribution >= 4 is 17.7 Å². The van der Waals surface area contributed by atoms with Crippen LogP contribution < -0.4 is 5.32 Å². The number of aliphatic hydroxyl groups is 1. The van der Waals surface area contributed by atoms with Gasteiger partial charge in [-0.2, -0.15) is 0 Å². The van der Waals surface area contributed by atoms with Crippen LogP contribution in [-0.2, 0) is 4.79 Å². The number of aliphatic hydroxyl groups excluding tert-OH is 1. The quantitative estimate of drug-likeness (QED) is 0.398. The SMILES string of the molecule is O=C(CSc1nnc(-c2ccc(F)cc2)n1-c1ccccc1)NCC(O)c1ccccc1. The van der Waals surface area contributed by atoms with Crippen molar-refractivity contribution < 1.29 is 14.3 Å². The Bertz CT molecular complexity index is 1170. The number of benzene rings is 3. The Labute approximate surface area is 189 Å². The van der Waals surface area contributed by atoms with Gasteiger partial charge >= 0.3 is 0 Å². The van der Waals surface area contributed by atoms with Gasteiger partial charge in [0.15, 0.2) is 11.0 Å². The topological polar surface area (TPSA) is 80.0 Å². The van der Waals surface area contributed by atoms with E-state index in [1.807, 2.05) is 65.2 Å². The number of hydrogen-bond donors (Lipinski definition) is 2. The highest BCUT2D eigenvalue weighted by Gasteiger charge is 2.18. The van der Waals surface area contributed by atoms with Crippen molar-refractivity contribution in [2.24, 2.45) is 0 Å². The first-order chi connectivity index (χ1) is 15.6. The van der Waals surface area contributed by atoms with E-state index < -0.39 is 6.10 Å². The van der Waals surface area contributed by atoms with Crippen LogP contribution in [-0.4, -0.2) is 38.1 Å². The van der Waals surface area contributed by atoms with Crippen molar-refractivity contribution in [1.29, 1.82) is 0 Å². The van der Waals surface area contributed by atoms with E-state index in [0.717, 1.165) is 11.3 Å². The molecule has 0 bridgehead atoms. The number of amides is 1. The van der Waals surface area contributed by atoms with Crippen molar-refractivity contribution in [3.63, 3.8) is 0 Å². The predicted molar refractivity (Wildman–Crippen MR) is 122 cm³/mol. The van der Waals surface area contributed by atoms with Gasteiger partial charge in [-0.05, 0) is 42.0 Å². The van der Waals surface area contributed by atoms with Crippen molar-refractivity contribution in [3.05, 3.63) is 96.3 Å². The minimum atomic E-state index is -0.775. The van der Waals surface area contributed by atoms with Crippen LogP contribution in [0.25, 0.3) is 17.1 Å². The second-order valence-corrected chi connectivity index (χ2v) is 7.95. The standard InChI is InChI=1S/C24H21FN4O2S/c25-19-13-11-18(12-14-19)23-27-28-24(29(23)20-9-5-2-6-10-20)32-16-22(31)26-15-21(30)17-7-3-1-4-8-17/h1-14,21,30H,15-16H2,(H,26,31). The molecule has 0 saturated heterocycles. The van der Waals surface area contributed by atoms with Crippen molar-refractivity contribution in [3.8, 4) is 17.1 Å². The fourth-order valence-corrected chi connectivity index (χ4v) is 3.93. The molecule has 1 amide bonds. The lowest BCUT2D eigenvalue weighted by Gasteiger charge is -2.12. The van der Waals surface area contributed by atoms with Crippen LogP contribution >= 0.6 is 11.8 Å². The van der Waals surface area contributed by atoms with Crippen molar-refractivity contribution in [2.75, 3.05) is 12.3 Å². The van der Waals surface area contributed by atoms with Crippen molar-refractivity contribution in [1.82, 2.24) is 20.1 Å². The van der Waals surface area contributed by atoms with Gasteiger partial charge in [0, 0.05) is 17.8 Å². The summed E-state index contributed by atoms with van der Waals surface area (Å²) in [6.07, 6.45) is -0.775. The number of rotatable bonds is 8. The number of nitrogens with zero attached hydrogens (tertiary/aromatic N) is 3. The molecule has 6 nitrogen and oxygen atoms in total. The lowest BCUT2D eigenvalue weighted by Crippen LogP contribution is -2.29. The van der Waals surface area contributed by atoms with Gasteiger partial charge < -0.3 is 10.4 Å². The molecule has 0 aliphatic carbocycles. The zero-order chi connectivity index (χ0) is 22.3. The first-order valence-corrected chi connectivity index (χ1v) is 11.0. The van der Waals surface area contributed by atoms with Gasteiger partial charge in [0.25, 0.3) is 0 Å². The molecule has 0 aliphatic heterocycles. The van der Waals surface area contributed by atoms with E-state index in [1.54, 1.807) is 12.1 Å². The lowest BCUT2D eigenvalue weighted by atomic mass is 10.1. The Morgan fingerprint density at radius 1 is 0.969 bits per heavy atom. The number of carbonyl (C=O) groups is 1. The second-order valence-electron chi connectivity index (χ2n) is 7.00. The molecule has 0 radical (unpaired) electrons. The highest BCUT2D eigenvalue weighted by atomic mass is 32.2. The Kier molecular flexibility index (Phi) is 6.94. The van der Waals surface area contributed by atoms with Gasteiger partial charge in [-0.15, -0.1) is 10.2 Å². The van der Waals surface area contributed by atoms with Crippen LogP contribution in [0, 0.1) is 5.82 Å². The smallest absolute Gasteiger partial charge is 0.230 e. The zero-order valence-electron chi connectivity index (χ0n) is 17.1. The average Bonchev–Trinajstić information content (AvgIpc) is 3.26. The normalized spacial score (nSPS) is 11.8. The first kappa shape index (κ1) is 21.7. The van der Waals surface area contributed by atoms with Gasteiger partial charge in [-0.25, -0.2) is 4.39 Å². The molecule has 1 atom stereocenters. The van der Waals surface area contributed by atoms with Gasteiger partial charge in [-0.3, -0.25) is 9.36 Å². The lowest BCUT2D eigenvalue weighted by molar-refractivity contribution is -0.119. The summed E-state index contributed by atoms with van der Waals surface area (Å²) in [6, 6.07) is 24.7. The molecule has 1 heterocycles. The molecule has 3 aromatic carbocycles. The van der Waals surface area contributed by atoms with E-state index in [2.05, 4.69) is 15.5 Å². The van der Waals surface area contributed by atoms with Crippen LogP contribution in [0.5, 0.6) is 0 Å². The summed E-state index contributed by atoms with van der Waals surface area (Å²) in [7, 11) is 0. The monoisotopic (exact) mass is 448 g/mol. The molecule has 1 unspecified atom stereocenters. The number of halogens is 1. The maximum Gasteiger partial charge on any atom is 0.230 e. The number of hydrogen-bond acceptors (Lipinski definition) is 5. The maximum atomic E-state index is 13.4. The Hall–Kier alpha value is -3.49. The third-order valence-corrected chi connectivity index (χ3v) is 5.69. The minimum absolute atomic E-state index is 0.107. The minimum Gasteiger partial charge on any atom is -0.387 e. The fourth-order valence-electron chi connectivity index (χ4n) is 3.14. The fraction of sp³-hybridized carbons (Fsp3) is 0.125. The van der Waals surface area contributed by atoms with E-state index in [1.165, 1.54) is 23.9 Å². The number of nitrogens with one attached hydrogen (secondary N) is 1. The Morgan fingerprint density at radius 3 is 2.31 bits per heavy atom. The van der Waals surface area contributed by atoms with Crippen LogP contribution in [0.15, 0.2) is 90.1 Å². The summed E-state index contributed by atoms with van der Waals surface area (Å²) in [5.74, 6) is 0.105. The highest BCUT2D eigenvalue weighted by molar-refractivity contribution is 7.99. The second kappa shape index (κ2) is 10.2. The molecule has 2 N–H and O–H groups in total. The molecular weight excluding hydrogens is 427 g/mol. The molecule has 1 aromatic heterocycles. The molecule has 0 spiro atoms. The highest BCUT2D eigenvalue weighted by Crippen LogP contribution is 2.28. The van der Waals surface area contributed by atoms with Gasteiger partial charge in [-0.1, -0.05) is 60.3 Å². The average molecular weight is 449 g/mol. The van der Waals surface area contributed by atoms with Crippen LogP contribution in [0.4, 0.5) is 4.39 Å². The summed E-state index contributed by atoms with van der Waals surface area (Å²) < 4.78 is 15.2. The Balaban J connectivity index is 1.47. The Morgan fingerprint density at radius 2 is 1.62 bits per heavy atom. The van der Waals surface area contributed by atoms with Gasteiger partial charge in [0.2, 0.25) is 5.91 Å². The van der Waals surface area contributed by atoms with Crippen LogP contribution in [0.3, 0.4) is 0 Å². The number of thioether (sulfide) groups is 1. The van der Waals surface area contributed by atoms with E-state index >= 15 is 0 Å². The summed E-state index contributed by atoms with van der Waals surface area (Å²) in [4.78, 5) is 12.4. The predicted octanol–water partition coefficient (Wildman–Crippen LogP) is 4.02. The van der Waals surface area contributed by atoms with E-state index in [0.29, 0.717) is 16.5 Å². The molecule has 32 heavy (non-hydrogen) atoms. The molecule has 4 rings (SSSR count). The van der Waals surface area contributed by atoms with E-state index in [4.69, 9.17) is 0 Å². The summed E-state index contributed by atoms with van der Waals surface area (Å²) in [6.45, 7) is 0.121. The number of para-hydroxylation sites is 1. The maximum absolute atomic E-state index is 13.4. The van der Waals surface area contributed by atoms with E-state index in [9.17, 15) is 14.3 Å². The zero-order valence-corrected chi connectivity index (χ0v) is 17.9. The van der Waals surface area contributed by atoms with Crippen molar-refractivity contribution in [2.45, 2.75) is 11.3 Å².